The van der Waals surface area contributed by atoms with Crippen molar-refractivity contribution in [2.24, 2.45) is 5.92 Å². The molecule has 0 amide bonds. The molecule has 1 aliphatic rings. The summed E-state index contributed by atoms with van der Waals surface area (Å²) in [6, 6.07) is 7.70. The Balaban J connectivity index is 2.12. The standard InChI is InChI=1S/C13H15ClO2/c1-3-16-12(15)11-8-13(11,2)9-4-6-10(14)7-5-9/h4-7,11H,3,8H2,1-2H3/t11?,13-/m1/s1. The second kappa shape index (κ2) is 4.10. The van der Waals surface area contributed by atoms with Gasteiger partial charge in [-0.15, -0.1) is 0 Å². The Kier molecular flexibility index (Phi) is 2.94. The van der Waals surface area contributed by atoms with E-state index in [2.05, 4.69) is 6.92 Å². The summed E-state index contributed by atoms with van der Waals surface area (Å²) in [5.74, 6) is -0.0754. The molecule has 1 saturated carbocycles. The molecule has 1 fully saturated rings. The van der Waals surface area contributed by atoms with E-state index in [-0.39, 0.29) is 17.3 Å². The fourth-order valence-corrected chi connectivity index (χ4v) is 2.23. The lowest BCUT2D eigenvalue weighted by Gasteiger charge is -2.11. The Morgan fingerprint density at radius 3 is 2.69 bits per heavy atom. The van der Waals surface area contributed by atoms with Crippen LogP contribution in [0, 0.1) is 5.92 Å². The molecule has 0 saturated heterocycles. The van der Waals surface area contributed by atoms with E-state index >= 15 is 0 Å². The average Bonchev–Trinajstić information content (AvgIpc) is 2.93. The molecule has 2 nitrogen and oxygen atoms in total. The van der Waals surface area contributed by atoms with Gasteiger partial charge >= 0.3 is 5.97 Å². The molecule has 1 aromatic carbocycles. The minimum atomic E-state index is -0.0834. The summed E-state index contributed by atoms with van der Waals surface area (Å²) in [5.41, 5.74) is 1.10. The van der Waals surface area contributed by atoms with Gasteiger partial charge < -0.3 is 4.74 Å². The highest BCUT2D eigenvalue weighted by Crippen LogP contribution is 2.54. The van der Waals surface area contributed by atoms with Crippen LogP contribution in [0.4, 0.5) is 0 Å². The lowest BCUT2D eigenvalue weighted by Crippen LogP contribution is -2.14. The molecule has 0 radical (unpaired) electrons. The minimum Gasteiger partial charge on any atom is -0.466 e. The van der Waals surface area contributed by atoms with Gasteiger partial charge in [0.2, 0.25) is 0 Å². The molecule has 2 atom stereocenters. The molecule has 1 aliphatic carbocycles. The average molecular weight is 239 g/mol. The molecule has 0 bridgehead atoms. The van der Waals surface area contributed by atoms with Crippen LogP contribution in [-0.2, 0) is 14.9 Å². The van der Waals surface area contributed by atoms with Gasteiger partial charge in [0, 0.05) is 10.4 Å². The van der Waals surface area contributed by atoms with Crippen molar-refractivity contribution in [1.29, 1.82) is 0 Å². The molecule has 0 heterocycles. The first kappa shape index (κ1) is 11.5. The Labute approximate surface area is 101 Å². The van der Waals surface area contributed by atoms with Gasteiger partial charge in [-0.1, -0.05) is 30.7 Å². The van der Waals surface area contributed by atoms with Gasteiger partial charge in [-0.25, -0.2) is 0 Å². The van der Waals surface area contributed by atoms with E-state index in [1.54, 1.807) is 0 Å². The number of ether oxygens (including phenoxy) is 1. The van der Waals surface area contributed by atoms with Crippen LogP contribution in [0.3, 0.4) is 0 Å². The first-order valence-electron chi connectivity index (χ1n) is 5.50. The van der Waals surface area contributed by atoms with Crippen molar-refractivity contribution in [2.45, 2.75) is 25.7 Å². The Morgan fingerprint density at radius 2 is 2.12 bits per heavy atom. The van der Waals surface area contributed by atoms with Gasteiger partial charge in [0.1, 0.15) is 0 Å². The molecule has 3 heteroatoms. The predicted octanol–water partition coefficient (Wildman–Crippen LogP) is 3.18. The minimum absolute atomic E-state index is 0.00799. The number of carbonyl (C=O) groups is 1. The van der Waals surface area contributed by atoms with E-state index in [0.29, 0.717) is 6.61 Å². The molecule has 0 aliphatic heterocycles. The molecular formula is C13H15ClO2. The van der Waals surface area contributed by atoms with E-state index in [1.165, 1.54) is 0 Å². The Hall–Kier alpha value is -1.02. The van der Waals surface area contributed by atoms with Crippen LogP contribution in [0.5, 0.6) is 0 Å². The molecule has 1 unspecified atom stereocenters. The normalized spacial score (nSPS) is 27.6. The third kappa shape index (κ3) is 1.94. The number of benzene rings is 1. The predicted molar refractivity (Wildman–Crippen MR) is 63.5 cm³/mol. The fourth-order valence-electron chi connectivity index (χ4n) is 2.10. The quantitative estimate of drug-likeness (QED) is 0.756. The number of esters is 1. The van der Waals surface area contributed by atoms with Crippen molar-refractivity contribution < 1.29 is 9.53 Å². The smallest absolute Gasteiger partial charge is 0.309 e. The SMILES string of the molecule is CCOC(=O)C1C[C@]1(C)c1ccc(Cl)cc1. The molecule has 86 valence electrons. The van der Waals surface area contributed by atoms with Crippen molar-refractivity contribution in [2.75, 3.05) is 6.61 Å². The molecule has 0 aromatic heterocycles. The van der Waals surface area contributed by atoms with Crippen LogP contribution in [-0.4, -0.2) is 12.6 Å². The summed E-state index contributed by atoms with van der Waals surface area (Å²) in [6.07, 6.45) is 0.869. The number of rotatable bonds is 3. The van der Waals surface area contributed by atoms with E-state index in [1.807, 2.05) is 31.2 Å². The second-order valence-corrected chi connectivity index (χ2v) is 4.87. The van der Waals surface area contributed by atoms with Gasteiger partial charge in [0.15, 0.2) is 0 Å². The zero-order valence-electron chi connectivity index (χ0n) is 9.50. The van der Waals surface area contributed by atoms with E-state index in [9.17, 15) is 4.79 Å². The number of carbonyl (C=O) groups excluding carboxylic acids is 1. The molecule has 0 spiro atoms. The first-order valence-corrected chi connectivity index (χ1v) is 5.88. The molecule has 16 heavy (non-hydrogen) atoms. The number of hydrogen-bond acceptors (Lipinski definition) is 2. The molecule has 2 rings (SSSR count). The van der Waals surface area contributed by atoms with Gasteiger partial charge in [-0.3, -0.25) is 4.79 Å². The fraction of sp³-hybridized carbons (Fsp3) is 0.462. The van der Waals surface area contributed by atoms with Crippen molar-refractivity contribution in [3.63, 3.8) is 0 Å². The Bertz CT molecular complexity index is 399. The number of hydrogen-bond donors (Lipinski definition) is 0. The summed E-state index contributed by atoms with van der Waals surface area (Å²) in [6.45, 7) is 4.38. The topological polar surface area (TPSA) is 26.3 Å². The van der Waals surface area contributed by atoms with Crippen LogP contribution in [0.15, 0.2) is 24.3 Å². The van der Waals surface area contributed by atoms with Crippen LogP contribution in [0.25, 0.3) is 0 Å². The van der Waals surface area contributed by atoms with E-state index < -0.39 is 0 Å². The molecule has 1 aromatic rings. The van der Waals surface area contributed by atoms with Crippen LogP contribution >= 0.6 is 11.6 Å². The van der Waals surface area contributed by atoms with Crippen molar-refractivity contribution in [3.05, 3.63) is 34.9 Å². The summed E-state index contributed by atoms with van der Waals surface area (Å²) < 4.78 is 5.04. The molecule has 0 N–H and O–H groups in total. The molecular weight excluding hydrogens is 224 g/mol. The number of halogens is 1. The van der Waals surface area contributed by atoms with Crippen molar-refractivity contribution in [3.8, 4) is 0 Å². The summed E-state index contributed by atoms with van der Waals surface area (Å²) in [5, 5.41) is 0.723. The van der Waals surface area contributed by atoms with Gasteiger partial charge in [-0.05, 0) is 31.0 Å². The van der Waals surface area contributed by atoms with Gasteiger partial charge in [0.05, 0.1) is 12.5 Å². The lowest BCUT2D eigenvalue weighted by molar-refractivity contribution is -0.145. The van der Waals surface area contributed by atoms with Gasteiger partial charge in [0.25, 0.3) is 0 Å². The van der Waals surface area contributed by atoms with Crippen LogP contribution < -0.4 is 0 Å². The third-order valence-electron chi connectivity index (χ3n) is 3.31. The van der Waals surface area contributed by atoms with Crippen LogP contribution in [0.1, 0.15) is 25.8 Å². The third-order valence-corrected chi connectivity index (χ3v) is 3.56. The van der Waals surface area contributed by atoms with E-state index in [4.69, 9.17) is 16.3 Å². The maximum atomic E-state index is 11.6. The van der Waals surface area contributed by atoms with Crippen molar-refractivity contribution in [1.82, 2.24) is 0 Å². The summed E-state index contributed by atoms with van der Waals surface area (Å²) in [7, 11) is 0. The lowest BCUT2D eigenvalue weighted by atomic mass is 9.95. The second-order valence-electron chi connectivity index (χ2n) is 4.43. The van der Waals surface area contributed by atoms with E-state index in [0.717, 1.165) is 17.0 Å². The highest BCUT2D eigenvalue weighted by Gasteiger charge is 2.56. The van der Waals surface area contributed by atoms with Gasteiger partial charge in [-0.2, -0.15) is 0 Å². The first-order chi connectivity index (χ1) is 7.58. The zero-order chi connectivity index (χ0) is 11.8. The highest BCUT2D eigenvalue weighted by molar-refractivity contribution is 6.30. The largest absolute Gasteiger partial charge is 0.466 e. The van der Waals surface area contributed by atoms with Crippen LogP contribution in [0.2, 0.25) is 5.02 Å². The van der Waals surface area contributed by atoms with Crippen molar-refractivity contribution >= 4 is 17.6 Å². The maximum Gasteiger partial charge on any atom is 0.309 e. The zero-order valence-corrected chi connectivity index (χ0v) is 10.3. The maximum absolute atomic E-state index is 11.6. The summed E-state index contributed by atoms with van der Waals surface area (Å²) >= 11 is 5.84. The highest BCUT2D eigenvalue weighted by atomic mass is 35.5. The Morgan fingerprint density at radius 1 is 1.50 bits per heavy atom. The monoisotopic (exact) mass is 238 g/mol. The summed E-state index contributed by atoms with van der Waals surface area (Å²) in [4.78, 5) is 11.6.